The maximum absolute atomic E-state index is 13.0. The van der Waals surface area contributed by atoms with Crippen molar-refractivity contribution >= 4 is 27.3 Å². The number of ether oxygens (including phenoxy) is 2. The molecule has 2 aromatic carbocycles. The topological polar surface area (TPSA) is 59.1 Å². The maximum atomic E-state index is 13.0. The van der Waals surface area contributed by atoms with Crippen molar-refractivity contribution < 1.29 is 17.9 Å². The van der Waals surface area contributed by atoms with Gasteiger partial charge >= 0.3 is 0 Å². The van der Waals surface area contributed by atoms with Crippen molar-refractivity contribution in [3.63, 3.8) is 0 Å². The molecule has 0 N–H and O–H groups in total. The second-order valence-corrected chi connectivity index (χ2v) is 8.23. The Hall–Kier alpha value is -1.96. The molecular weight excluding hydrogens is 376 g/mol. The van der Waals surface area contributed by atoms with Gasteiger partial charge in [0.1, 0.15) is 16.4 Å². The predicted molar refractivity (Wildman–Crippen MR) is 102 cm³/mol. The van der Waals surface area contributed by atoms with Gasteiger partial charge in [0.25, 0.3) is 0 Å². The fourth-order valence-corrected chi connectivity index (χ4v) is 4.83. The first-order valence-corrected chi connectivity index (χ1v) is 10.00. The van der Waals surface area contributed by atoms with E-state index < -0.39 is 10.0 Å². The van der Waals surface area contributed by atoms with Crippen LogP contribution >= 0.6 is 11.6 Å². The van der Waals surface area contributed by atoms with Gasteiger partial charge in [-0.25, -0.2) is 8.42 Å². The minimum absolute atomic E-state index is 0.0994. The number of rotatable bonds is 5. The zero-order chi connectivity index (χ0) is 18.7. The lowest BCUT2D eigenvalue weighted by molar-refractivity contribution is 0.374. The molecule has 0 aromatic heterocycles. The van der Waals surface area contributed by atoms with Crippen LogP contribution in [0.2, 0.25) is 5.02 Å². The third-order valence-electron chi connectivity index (χ3n) is 4.40. The lowest BCUT2D eigenvalue weighted by Crippen LogP contribution is -2.48. The Morgan fingerprint density at radius 1 is 0.962 bits per heavy atom. The quantitative estimate of drug-likeness (QED) is 0.777. The van der Waals surface area contributed by atoms with Gasteiger partial charge in [0.05, 0.1) is 14.2 Å². The standard InChI is InChI=1S/C18H21ClN2O4S/c1-24-16-5-3-4-15(13-16)20-8-10-21(11-9-20)26(22,23)18-12-14(19)6-7-17(18)25-2/h3-7,12-13H,8-11H2,1-2H3. The van der Waals surface area contributed by atoms with Gasteiger partial charge in [0.2, 0.25) is 10.0 Å². The van der Waals surface area contributed by atoms with Gasteiger partial charge in [-0.3, -0.25) is 0 Å². The van der Waals surface area contributed by atoms with Crippen molar-refractivity contribution in [2.75, 3.05) is 45.3 Å². The molecule has 6 nitrogen and oxygen atoms in total. The van der Waals surface area contributed by atoms with E-state index in [2.05, 4.69) is 4.90 Å². The fraction of sp³-hybridized carbons (Fsp3) is 0.333. The van der Waals surface area contributed by atoms with Crippen LogP contribution in [0.5, 0.6) is 11.5 Å². The zero-order valence-electron chi connectivity index (χ0n) is 14.7. The van der Waals surface area contributed by atoms with E-state index in [1.807, 2.05) is 24.3 Å². The smallest absolute Gasteiger partial charge is 0.246 e. The first-order valence-electron chi connectivity index (χ1n) is 8.18. The summed E-state index contributed by atoms with van der Waals surface area (Å²) < 4.78 is 38.0. The molecule has 0 atom stereocenters. The Morgan fingerprint density at radius 3 is 2.35 bits per heavy atom. The Kier molecular flexibility index (Phi) is 5.60. The molecule has 2 aromatic rings. The molecular formula is C18H21ClN2O4S. The number of nitrogens with zero attached hydrogens (tertiary/aromatic N) is 2. The normalized spacial score (nSPS) is 15.7. The molecule has 1 aliphatic rings. The van der Waals surface area contributed by atoms with Crippen molar-refractivity contribution in [2.24, 2.45) is 0 Å². The van der Waals surface area contributed by atoms with E-state index in [0.29, 0.717) is 37.0 Å². The minimum atomic E-state index is -3.67. The van der Waals surface area contributed by atoms with Crippen LogP contribution in [0.25, 0.3) is 0 Å². The summed E-state index contributed by atoms with van der Waals surface area (Å²) in [6, 6.07) is 12.4. The van der Waals surface area contributed by atoms with Gasteiger partial charge in [-0.15, -0.1) is 0 Å². The van der Waals surface area contributed by atoms with Crippen molar-refractivity contribution in [2.45, 2.75) is 4.90 Å². The van der Waals surface area contributed by atoms with Crippen molar-refractivity contribution in [3.05, 3.63) is 47.5 Å². The molecule has 0 amide bonds. The molecule has 1 saturated heterocycles. The van der Waals surface area contributed by atoms with Gasteiger partial charge in [-0.05, 0) is 30.3 Å². The molecule has 1 heterocycles. The number of hydrogen-bond donors (Lipinski definition) is 0. The number of benzene rings is 2. The summed E-state index contributed by atoms with van der Waals surface area (Å²) in [5.74, 6) is 1.07. The van der Waals surface area contributed by atoms with E-state index in [-0.39, 0.29) is 4.90 Å². The van der Waals surface area contributed by atoms with Crippen LogP contribution in [0.15, 0.2) is 47.4 Å². The highest BCUT2D eigenvalue weighted by atomic mass is 35.5. The van der Waals surface area contributed by atoms with Crippen LogP contribution in [0, 0.1) is 0 Å². The van der Waals surface area contributed by atoms with Crippen molar-refractivity contribution in [1.82, 2.24) is 4.31 Å². The van der Waals surface area contributed by atoms with Crippen LogP contribution in [0.1, 0.15) is 0 Å². The van der Waals surface area contributed by atoms with Crippen molar-refractivity contribution in [3.8, 4) is 11.5 Å². The van der Waals surface area contributed by atoms with Crippen LogP contribution in [0.3, 0.4) is 0 Å². The van der Waals surface area contributed by atoms with Gasteiger partial charge in [-0.2, -0.15) is 4.31 Å². The largest absolute Gasteiger partial charge is 0.497 e. The second kappa shape index (κ2) is 7.73. The monoisotopic (exact) mass is 396 g/mol. The van der Waals surface area contributed by atoms with Gasteiger partial charge in [0.15, 0.2) is 0 Å². The Balaban J connectivity index is 1.78. The van der Waals surface area contributed by atoms with Gasteiger partial charge in [-0.1, -0.05) is 17.7 Å². The van der Waals surface area contributed by atoms with E-state index >= 15 is 0 Å². The maximum Gasteiger partial charge on any atom is 0.246 e. The lowest BCUT2D eigenvalue weighted by Gasteiger charge is -2.35. The minimum Gasteiger partial charge on any atom is -0.497 e. The van der Waals surface area contributed by atoms with E-state index in [1.165, 1.54) is 17.5 Å². The molecule has 0 spiro atoms. The molecule has 140 valence electrons. The first kappa shape index (κ1) is 18.8. The van der Waals surface area contributed by atoms with E-state index in [4.69, 9.17) is 21.1 Å². The summed E-state index contributed by atoms with van der Waals surface area (Å²) in [6.45, 7) is 1.95. The molecule has 0 unspecified atom stereocenters. The highest BCUT2D eigenvalue weighted by Gasteiger charge is 2.31. The SMILES string of the molecule is COc1cccc(N2CCN(S(=O)(=O)c3cc(Cl)ccc3OC)CC2)c1. The molecule has 26 heavy (non-hydrogen) atoms. The predicted octanol–water partition coefficient (Wildman–Crippen LogP) is 2.87. The third kappa shape index (κ3) is 3.75. The van der Waals surface area contributed by atoms with Gasteiger partial charge in [0, 0.05) is 43.0 Å². The van der Waals surface area contributed by atoms with E-state index in [0.717, 1.165) is 11.4 Å². The van der Waals surface area contributed by atoms with Crippen LogP contribution in [-0.4, -0.2) is 53.1 Å². The first-order chi connectivity index (χ1) is 12.5. The highest BCUT2D eigenvalue weighted by molar-refractivity contribution is 7.89. The summed E-state index contributed by atoms with van der Waals surface area (Å²) >= 11 is 5.99. The summed E-state index contributed by atoms with van der Waals surface area (Å²) in [4.78, 5) is 2.24. The molecule has 8 heteroatoms. The van der Waals surface area contributed by atoms with Crippen molar-refractivity contribution in [1.29, 1.82) is 0 Å². The average Bonchev–Trinajstić information content (AvgIpc) is 2.68. The Morgan fingerprint density at radius 2 is 1.69 bits per heavy atom. The number of piperazine rings is 1. The van der Waals surface area contributed by atoms with Gasteiger partial charge < -0.3 is 14.4 Å². The Bertz CT molecular complexity index is 881. The average molecular weight is 397 g/mol. The third-order valence-corrected chi connectivity index (χ3v) is 6.56. The number of hydrogen-bond acceptors (Lipinski definition) is 5. The summed E-state index contributed by atoms with van der Waals surface area (Å²) in [5, 5.41) is 0.361. The Labute approximate surface area is 158 Å². The highest BCUT2D eigenvalue weighted by Crippen LogP contribution is 2.31. The lowest BCUT2D eigenvalue weighted by atomic mass is 10.2. The molecule has 3 rings (SSSR count). The van der Waals surface area contributed by atoms with Crippen LogP contribution in [-0.2, 0) is 10.0 Å². The molecule has 0 aliphatic carbocycles. The fourth-order valence-electron chi connectivity index (χ4n) is 2.99. The summed E-state index contributed by atoms with van der Waals surface area (Å²) in [6.07, 6.45) is 0. The van der Waals surface area contributed by atoms with Crippen LogP contribution in [0.4, 0.5) is 5.69 Å². The number of halogens is 1. The van der Waals surface area contributed by atoms with E-state index in [9.17, 15) is 8.42 Å². The summed E-state index contributed by atoms with van der Waals surface area (Å²) in [5.41, 5.74) is 1.02. The molecule has 1 aliphatic heterocycles. The molecule has 1 fully saturated rings. The summed E-state index contributed by atoms with van der Waals surface area (Å²) in [7, 11) is -0.599. The number of anilines is 1. The zero-order valence-corrected chi connectivity index (χ0v) is 16.3. The second-order valence-electron chi connectivity index (χ2n) is 5.89. The molecule has 0 radical (unpaired) electrons. The number of methoxy groups -OCH3 is 2. The molecule has 0 bridgehead atoms. The van der Waals surface area contributed by atoms with Crippen LogP contribution < -0.4 is 14.4 Å². The van der Waals surface area contributed by atoms with E-state index in [1.54, 1.807) is 19.2 Å². The molecule has 0 saturated carbocycles. The number of sulfonamides is 1.